The summed E-state index contributed by atoms with van der Waals surface area (Å²) in [5.41, 5.74) is 2.43. The molecule has 1 fully saturated rings. The molecule has 0 spiro atoms. The molecule has 1 atom stereocenters. The Morgan fingerprint density at radius 1 is 1.43 bits per heavy atom. The number of H-pyrrole nitrogens is 1. The summed E-state index contributed by atoms with van der Waals surface area (Å²) in [5.74, 6) is 1.63. The largest absolute Gasteiger partial charge is 0.363 e. The Morgan fingerprint density at radius 3 is 3.04 bits per heavy atom. The van der Waals surface area contributed by atoms with Crippen LogP contribution in [0.4, 0.5) is 11.8 Å². The maximum absolute atomic E-state index is 4.55. The third-order valence-electron chi connectivity index (χ3n) is 4.27. The van der Waals surface area contributed by atoms with E-state index in [0.29, 0.717) is 12.0 Å². The standard InChI is InChI=1S/C16H25N7/c1-12-13(9-18-21-12)10-23-8-4-5-14(11-23)19-16-17-7-6-15(20-16)22(2)3/h6-7,9,14H,4-5,8,10-11H2,1-3H3,(H,18,21)(H,17,19,20). The minimum atomic E-state index is 0.383. The van der Waals surface area contributed by atoms with Crippen LogP contribution in [0, 0.1) is 6.92 Å². The average molecular weight is 315 g/mol. The van der Waals surface area contributed by atoms with Crippen molar-refractivity contribution in [2.24, 2.45) is 0 Å². The number of nitrogens with one attached hydrogen (secondary N) is 2. The van der Waals surface area contributed by atoms with Crippen LogP contribution in [0.25, 0.3) is 0 Å². The van der Waals surface area contributed by atoms with Gasteiger partial charge in [-0.3, -0.25) is 10.00 Å². The lowest BCUT2D eigenvalue weighted by molar-refractivity contribution is 0.208. The topological polar surface area (TPSA) is 73.0 Å². The van der Waals surface area contributed by atoms with Crippen molar-refractivity contribution in [3.8, 4) is 0 Å². The van der Waals surface area contributed by atoms with Crippen molar-refractivity contribution < 1.29 is 0 Å². The molecule has 0 bridgehead atoms. The molecule has 2 N–H and O–H groups in total. The van der Waals surface area contributed by atoms with Crippen molar-refractivity contribution in [2.45, 2.75) is 32.4 Å². The number of likely N-dealkylation sites (tertiary alicyclic amines) is 1. The number of anilines is 2. The van der Waals surface area contributed by atoms with E-state index in [4.69, 9.17) is 0 Å². The van der Waals surface area contributed by atoms with E-state index in [1.807, 2.05) is 31.3 Å². The van der Waals surface area contributed by atoms with E-state index in [1.165, 1.54) is 12.0 Å². The first kappa shape index (κ1) is 15.7. The molecule has 0 aliphatic carbocycles. The molecule has 3 rings (SSSR count). The van der Waals surface area contributed by atoms with Gasteiger partial charge in [-0.05, 0) is 32.4 Å². The Balaban J connectivity index is 1.60. The molecule has 2 aromatic heterocycles. The normalized spacial score (nSPS) is 18.8. The van der Waals surface area contributed by atoms with Crippen LogP contribution in [0.1, 0.15) is 24.1 Å². The van der Waals surface area contributed by atoms with Gasteiger partial charge in [-0.25, -0.2) is 4.98 Å². The van der Waals surface area contributed by atoms with Gasteiger partial charge >= 0.3 is 0 Å². The predicted molar refractivity (Wildman–Crippen MR) is 91.6 cm³/mol. The number of nitrogens with zero attached hydrogens (tertiary/aromatic N) is 5. The molecule has 23 heavy (non-hydrogen) atoms. The van der Waals surface area contributed by atoms with Crippen molar-refractivity contribution in [2.75, 3.05) is 37.4 Å². The molecular weight excluding hydrogens is 290 g/mol. The molecule has 0 aromatic carbocycles. The van der Waals surface area contributed by atoms with E-state index < -0.39 is 0 Å². The fourth-order valence-electron chi connectivity index (χ4n) is 2.94. The van der Waals surface area contributed by atoms with Gasteiger partial charge in [0, 0.05) is 50.7 Å². The molecule has 1 aliphatic rings. The third-order valence-corrected chi connectivity index (χ3v) is 4.27. The number of aromatic amines is 1. The molecule has 0 amide bonds. The number of hydrogen-bond acceptors (Lipinski definition) is 6. The number of hydrogen-bond donors (Lipinski definition) is 2. The lowest BCUT2D eigenvalue weighted by atomic mass is 10.1. The second kappa shape index (κ2) is 6.95. The fraction of sp³-hybridized carbons (Fsp3) is 0.562. The summed E-state index contributed by atoms with van der Waals surface area (Å²) in [6.45, 7) is 5.14. The monoisotopic (exact) mass is 315 g/mol. The molecule has 0 radical (unpaired) electrons. The van der Waals surface area contributed by atoms with Gasteiger partial charge in [0.2, 0.25) is 5.95 Å². The highest BCUT2D eigenvalue weighted by Gasteiger charge is 2.21. The Labute approximate surface area is 137 Å². The summed E-state index contributed by atoms with van der Waals surface area (Å²) in [7, 11) is 3.98. The van der Waals surface area contributed by atoms with Crippen molar-refractivity contribution in [3.05, 3.63) is 29.7 Å². The molecule has 0 saturated carbocycles. The Hall–Kier alpha value is -2.15. The summed E-state index contributed by atoms with van der Waals surface area (Å²) >= 11 is 0. The van der Waals surface area contributed by atoms with Crippen LogP contribution in [0.3, 0.4) is 0 Å². The van der Waals surface area contributed by atoms with Crippen molar-refractivity contribution in [1.29, 1.82) is 0 Å². The van der Waals surface area contributed by atoms with Crippen LogP contribution in [-0.4, -0.2) is 58.3 Å². The summed E-state index contributed by atoms with van der Waals surface area (Å²) in [4.78, 5) is 13.4. The van der Waals surface area contributed by atoms with Gasteiger partial charge in [0.15, 0.2) is 0 Å². The zero-order valence-electron chi connectivity index (χ0n) is 14.1. The minimum absolute atomic E-state index is 0.383. The van der Waals surface area contributed by atoms with E-state index in [1.54, 1.807) is 6.20 Å². The quantitative estimate of drug-likeness (QED) is 0.874. The summed E-state index contributed by atoms with van der Waals surface area (Å²) in [6.07, 6.45) is 6.06. The smallest absolute Gasteiger partial charge is 0.224 e. The second-order valence-electron chi connectivity index (χ2n) is 6.37. The molecule has 1 unspecified atom stereocenters. The van der Waals surface area contributed by atoms with Gasteiger partial charge in [-0.1, -0.05) is 0 Å². The van der Waals surface area contributed by atoms with Gasteiger partial charge in [0.05, 0.1) is 6.20 Å². The molecule has 2 aromatic rings. The van der Waals surface area contributed by atoms with Crippen LogP contribution >= 0.6 is 0 Å². The molecule has 7 heteroatoms. The average Bonchev–Trinajstić information content (AvgIpc) is 2.93. The molecule has 1 aliphatic heterocycles. The maximum atomic E-state index is 4.55. The highest BCUT2D eigenvalue weighted by Crippen LogP contribution is 2.18. The predicted octanol–water partition coefficient (Wildman–Crippen LogP) is 1.65. The molecule has 7 nitrogen and oxygen atoms in total. The molecular formula is C16H25N7. The van der Waals surface area contributed by atoms with Crippen LogP contribution in [0.15, 0.2) is 18.5 Å². The van der Waals surface area contributed by atoms with Crippen LogP contribution < -0.4 is 10.2 Å². The number of aryl methyl sites for hydroxylation is 1. The second-order valence-corrected chi connectivity index (χ2v) is 6.37. The minimum Gasteiger partial charge on any atom is -0.363 e. The van der Waals surface area contributed by atoms with Gasteiger partial charge in [-0.2, -0.15) is 10.1 Å². The zero-order valence-corrected chi connectivity index (χ0v) is 14.1. The van der Waals surface area contributed by atoms with Gasteiger partial charge in [0.1, 0.15) is 5.82 Å². The van der Waals surface area contributed by atoms with Crippen LogP contribution in [0.2, 0.25) is 0 Å². The van der Waals surface area contributed by atoms with E-state index in [9.17, 15) is 0 Å². The Kier molecular flexibility index (Phi) is 4.76. The summed E-state index contributed by atoms with van der Waals surface area (Å²) < 4.78 is 0. The van der Waals surface area contributed by atoms with Crippen molar-refractivity contribution in [1.82, 2.24) is 25.1 Å². The SMILES string of the molecule is Cc1[nH]ncc1CN1CCCC(Nc2nccc(N(C)C)n2)C1. The third kappa shape index (κ3) is 3.98. The first-order chi connectivity index (χ1) is 11.1. The summed E-state index contributed by atoms with van der Waals surface area (Å²) in [6, 6.07) is 2.30. The van der Waals surface area contributed by atoms with Gasteiger partial charge < -0.3 is 10.2 Å². The fourth-order valence-corrected chi connectivity index (χ4v) is 2.94. The molecule has 124 valence electrons. The van der Waals surface area contributed by atoms with E-state index in [2.05, 4.69) is 37.3 Å². The Bertz CT molecular complexity index is 637. The highest BCUT2D eigenvalue weighted by molar-refractivity contribution is 5.41. The first-order valence-electron chi connectivity index (χ1n) is 8.10. The molecule has 1 saturated heterocycles. The number of piperidine rings is 1. The van der Waals surface area contributed by atoms with Crippen LogP contribution in [-0.2, 0) is 6.54 Å². The van der Waals surface area contributed by atoms with E-state index >= 15 is 0 Å². The van der Waals surface area contributed by atoms with E-state index in [-0.39, 0.29) is 0 Å². The highest BCUT2D eigenvalue weighted by atomic mass is 15.2. The van der Waals surface area contributed by atoms with Crippen molar-refractivity contribution in [3.63, 3.8) is 0 Å². The van der Waals surface area contributed by atoms with Gasteiger partial charge in [0.25, 0.3) is 0 Å². The zero-order chi connectivity index (χ0) is 16.2. The van der Waals surface area contributed by atoms with E-state index in [0.717, 1.165) is 37.6 Å². The first-order valence-corrected chi connectivity index (χ1v) is 8.10. The number of rotatable bonds is 5. The lowest BCUT2D eigenvalue weighted by Crippen LogP contribution is -2.42. The van der Waals surface area contributed by atoms with Gasteiger partial charge in [-0.15, -0.1) is 0 Å². The molecule has 3 heterocycles. The number of aromatic nitrogens is 4. The van der Waals surface area contributed by atoms with Crippen molar-refractivity contribution >= 4 is 11.8 Å². The lowest BCUT2D eigenvalue weighted by Gasteiger charge is -2.33. The van der Waals surface area contributed by atoms with Crippen LogP contribution in [0.5, 0.6) is 0 Å². The summed E-state index contributed by atoms with van der Waals surface area (Å²) in [5, 5.41) is 10.6. The Morgan fingerprint density at radius 2 is 2.30 bits per heavy atom. The maximum Gasteiger partial charge on any atom is 0.224 e.